The second-order valence-electron chi connectivity index (χ2n) is 5.83. The first-order valence-electron chi connectivity index (χ1n) is 8.24. The van der Waals surface area contributed by atoms with Gasteiger partial charge in [0.1, 0.15) is 11.6 Å². The van der Waals surface area contributed by atoms with Crippen LogP contribution < -0.4 is 15.0 Å². The number of carbonyl (C=O) groups excluding carboxylic acids is 1. The molecular weight excluding hydrogens is 344 g/mol. The maximum atomic E-state index is 13.2. The molecule has 1 unspecified atom stereocenters. The summed E-state index contributed by atoms with van der Waals surface area (Å²) in [5, 5.41) is 2.63. The van der Waals surface area contributed by atoms with Crippen LogP contribution in [0.25, 0.3) is 0 Å². The SMILES string of the molecule is CC(Oc1ccc(F)c(F)c1)C(=O)Nc1ccc(N2CCOCC2)cn1. The third-order valence-corrected chi connectivity index (χ3v) is 3.95. The fraction of sp³-hybridized carbons (Fsp3) is 0.333. The van der Waals surface area contributed by atoms with Crippen LogP contribution in [0.15, 0.2) is 36.5 Å². The van der Waals surface area contributed by atoms with Gasteiger partial charge < -0.3 is 19.7 Å². The molecule has 6 nitrogen and oxygen atoms in total. The number of morpholine rings is 1. The van der Waals surface area contributed by atoms with Crippen LogP contribution >= 0.6 is 0 Å². The zero-order chi connectivity index (χ0) is 18.5. The molecule has 0 radical (unpaired) electrons. The number of nitrogens with zero attached hydrogens (tertiary/aromatic N) is 2. The maximum absolute atomic E-state index is 13.2. The minimum Gasteiger partial charge on any atom is -0.481 e. The van der Waals surface area contributed by atoms with Crippen molar-refractivity contribution in [2.75, 3.05) is 36.5 Å². The van der Waals surface area contributed by atoms with Gasteiger partial charge in [0.15, 0.2) is 17.7 Å². The highest BCUT2D eigenvalue weighted by molar-refractivity contribution is 5.93. The third-order valence-electron chi connectivity index (χ3n) is 3.95. The van der Waals surface area contributed by atoms with E-state index in [2.05, 4.69) is 15.2 Å². The number of anilines is 2. The maximum Gasteiger partial charge on any atom is 0.266 e. The Labute approximate surface area is 149 Å². The number of carbonyl (C=O) groups is 1. The van der Waals surface area contributed by atoms with Gasteiger partial charge in [0.25, 0.3) is 5.91 Å². The van der Waals surface area contributed by atoms with Gasteiger partial charge in [-0.25, -0.2) is 13.8 Å². The molecule has 0 bridgehead atoms. The average Bonchev–Trinajstić information content (AvgIpc) is 2.66. The molecule has 1 amide bonds. The van der Waals surface area contributed by atoms with Gasteiger partial charge in [-0.1, -0.05) is 0 Å². The number of ether oxygens (including phenoxy) is 2. The summed E-state index contributed by atoms with van der Waals surface area (Å²) in [6.07, 6.45) is 0.780. The van der Waals surface area contributed by atoms with Crippen LogP contribution in [0.2, 0.25) is 0 Å². The van der Waals surface area contributed by atoms with Gasteiger partial charge in [-0.05, 0) is 31.2 Å². The second-order valence-corrected chi connectivity index (χ2v) is 5.83. The number of aromatic nitrogens is 1. The lowest BCUT2D eigenvalue weighted by atomic mass is 10.3. The minimum atomic E-state index is -1.03. The first kappa shape index (κ1) is 18.1. The summed E-state index contributed by atoms with van der Waals surface area (Å²) in [7, 11) is 0. The quantitative estimate of drug-likeness (QED) is 0.885. The molecule has 1 atom stereocenters. The van der Waals surface area contributed by atoms with E-state index in [0.29, 0.717) is 19.0 Å². The molecule has 1 aromatic heterocycles. The van der Waals surface area contributed by atoms with Gasteiger partial charge >= 0.3 is 0 Å². The van der Waals surface area contributed by atoms with E-state index in [4.69, 9.17) is 9.47 Å². The Morgan fingerprint density at radius 1 is 1.23 bits per heavy atom. The van der Waals surface area contributed by atoms with Crippen molar-refractivity contribution in [1.29, 1.82) is 0 Å². The fourth-order valence-corrected chi connectivity index (χ4v) is 2.50. The lowest BCUT2D eigenvalue weighted by Gasteiger charge is -2.28. The Kier molecular flexibility index (Phi) is 5.62. The highest BCUT2D eigenvalue weighted by Gasteiger charge is 2.17. The van der Waals surface area contributed by atoms with Crippen LogP contribution in [0, 0.1) is 11.6 Å². The molecule has 1 aliphatic rings. The molecule has 1 aliphatic heterocycles. The summed E-state index contributed by atoms with van der Waals surface area (Å²) < 4.78 is 36.8. The predicted molar refractivity (Wildman–Crippen MR) is 92.3 cm³/mol. The van der Waals surface area contributed by atoms with E-state index in [1.807, 2.05) is 6.07 Å². The molecule has 2 heterocycles. The molecule has 3 rings (SSSR count). The van der Waals surface area contributed by atoms with E-state index < -0.39 is 23.6 Å². The standard InChI is InChI=1S/C18H19F2N3O3/c1-12(26-14-3-4-15(19)16(20)10-14)18(24)22-17-5-2-13(11-21-17)23-6-8-25-9-7-23/h2-5,10-12H,6-9H2,1H3,(H,21,22,24). The number of rotatable bonds is 5. The molecule has 1 aromatic carbocycles. The van der Waals surface area contributed by atoms with Crippen molar-refractivity contribution in [1.82, 2.24) is 4.98 Å². The summed E-state index contributed by atoms with van der Waals surface area (Å²) in [5.74, 6) is -1.99. The Morgan fingerprint density at radius 2 is 2.00 bits per heavy atom. The number of pyridine rings is 1. The lowest BCUT2D eigenvalue weighted by molar-refractivity contribution is -0.122. The Balaban J connectivity index is 1.57. The predicted octanol–water partition coefficient (Wildman–Crippen LogP) is 2.60. The molecule has 1 fully saturated rings. The molecule has 0 spiro atoms. The molecule has 0 aliphatic carbocycles. The van der Waals surface area contributed by atoms with Gasteiger partial charge in [-0.2, -0.15) is 0 Å². The number of halogens is 2. The highest BCUT2D eigenvalue weighted by atomic mass is 19.2. The van der Waals surface area contributed by atoms with Crippen LogP contribution in [0.5, 0.6) is 5.75 Å². The van der Waals surface area contributed by atoms with E-state index in [1.54, 1.807) is 12.3 Å². The van der Waals surface area contributed by atoms with Gasteiger partial charge in [-0.3, -0.25) is 4.79 Å². The number of benzene rings is 1. The number of hydrogen-bond acceptors (Lipinski definition) is 5. The summed E-state index contributed by atoms with van der Waals surface area (Å²) in [6.45, 7) is 4.46. The number of amides is 1. The van der Waals surface area contributed by atoms with Crippen LogP contribution in [0.4, 0.5) is 20.3 Å². The average molecular weight is 363 g/mol. The van der Waals surface area contributed by atoms with E-state index in [9.17, 15) is 13.6 Å². The van der Waals surface area contributed by atoms with E-state index >= 15 is 0 Å². The summed E-state index contributed by atoms with van der Waals surface area (Å²) in [6, 6.07) is 6.68. The van der Waals surface area contributed by atoms with Crippen molar-refractivity contribution < 1.29 is 23.0 Å². The van der Waals surface area contributed by atoms with Gasteiger partial charge in [-0.15, -0.1) is 0 Å². The molecule has 1 saturated heterocycles. The van der Waals surface area contributed by atoms with Crippen LogP contribution in [0.3, 0.4) is 0 Å². The van der Waals surface area contributed by atoms with E-state index in [1.165, 1.54) is 13.0 Å². The van der Waals surface area contributed by atoms with Gasteiger partial charge in [0.2, 0.25) is 0 Å². The molecular formula is C18H19F2N3O3. The molecule has 2 aromatic rings. The second kappa shape index (κ2) is 8.09. The first-order valence-corrected chi connectivity index (χ1v) is 8.24. The van der Waals surface area contributed by atoms with Crippen LogP contribution in [0.1, 0.15) is 6.92 Å². The van der Waals surface area contributed by atoms with Gasteiger partial charge in [0.05, 0.1) is 25.1 Å². The van der Waals surface area contributed by atoms with E-state index in [-0.39, 0.29) is 5.75 Å². The van der Waals surface area contributed by atoms with Crippen LogP contribution in [-0.4, -0.2) is 43.3 Å². The smallest absolute Gasteiger partial charge is 0.266 e. The Morgan fingerprint density at radius 3 is 2.65 bits per heavy atom. The summed E-state index contributed by atoms with van der Waals surface area (Å²) in [5.41, 5.74) is 0.956. The molecule has 1 N–H and O–H groups in total. The fourth-order valence-electron chi connectivity index (χ4n) is 2.50. The van der Waals surface area contributed by atoms with Gasteiger partial charge in [0, 0.05) is 19.2 Å². The van der Waals surface area contributed by atoms with Crippen molar-refractivity contribution >= 4 is 17.4 Å². The number of hydrogen-bond donors (Lipinski definition) is 1. The van der Waals surface area contributed by atoms with Crippen molar-refractivity contribution in [3.63, 3.8) is 0 Å². The zero-order valence-electron chi connectivity index (χ0n) is 14.2. The topological polar surface area (TPSA) is 63.7 Å². The lowest BCUT2D eigenvalue weighted by Crippen LogP contribution is -2.36. The monoisotopic (exact) mass is 363 g/mol. The highest BCUT2D eigenvalue weighted by Crippen LogP contribution is 2.18. The van der Waals surface area contributed by atoms with E-state index in [0.717, 1.165) is 30.9 Å². The largest absolute Gasteiger partial charge is 0.481 e. The Bertz CT molecular complexity index is 765. The molecule has 0 saturated carbocycles. The normalized spacial score (nSPS) is 15.4. The minimum absolute atomic E-state index is 0.0715. The third kappa shape index (κ3) is 4.45. The van der Waals surface area contributed by atoms with Crippen molar-refractivity contribution in [2.45, 2.75) is 13.0 Å². The summed E-state index contributed by atoms with van der Waals surface area (Å²) in [4.78, 5) is 18.6. The number of nitrogens with one attached hydrogen (secondary N) is 1. The zero-order valence-corrected chi connectivity index (χ0v) is 14.2. The van der Waals surface area contributed by atoms with Crippen molar-refractivity contribution in [3.05, 3.63) is 48.2 Å². The van der Waals surface area contributed by atoms with Crippen LogP contribution in [-0.2, 0) is 9.53 Å². The molecule has 8 heteroatoms. The molecule has 138 valence electrons. The Hall–Kier alpha value is -2.74. The van der Waals surface area contributed by atoms with Crippen molar-refractivity contribution in [2.24, 2.45) is 0 Å². The first-order chi connectivity index (χ1) is 12.5. The van der Waals surface area contributed by atoms with Crippen molar-refractivity contribution in [3.8, 4) is 5.75 Å². The molecule has 26 heavy (non-hydrogen) atoms. The summed E-state index contributed by atoms with van der Waals surface area (Å²) >= 11 is 0.